The molecule has 1 fully saturated rings. The van der Waals surface area contributed by atoms with Crippen LogP contribution in [0.15, 0.2) is 29.2 Å². The molecule has 0 unspecified atom stereocenters. The standard InChI is InChI=1S/C15H18ClN3O/c1-11-3-2-6-18(8-11)10-13-7-15(20)19-9-12(16)4-5-14(19)17-13/h4-5,7,9,11H,2-3,6,8,10H2,1H3/t11-/m0/s1. The lowest BCUT2D eigenvalue weighted by Crippen LogP contribution is -2.34. The molecule has 2 aromatic rings. The third-order valence-corrected chi connectivity index (χ3v) is 4.03. The van der Waals surface area contributed by atoms with E-state index in [0.717, 1.165) is 31.2 Å². The van der Waals surface area contributed by atoms with Gasteiger partial charge >= 0.3 is 0 Å². The van der Waals surface area contributed by atoms with Gasteiger partial charge in [-0.15, -0.1) is 0 Å². The maximum Gasteiger partial charge on any atom is 0.258 e. The predicted molar refractivity (Wildman–Crippen MR) is 80.1 cm³/mol. The van der Waals surface area contributed by atoms with Gasteiger partial charge in [-0.05, 0) is 37.4 Å². The number of nitrogens with zero attached hydrogens (tertiary/aromatic N) is 3. The number of pyridine rings is 1. The van der Waals surface area contributed by atoms with E-state index in [1.807, 2.05) is 0 Å². The molecule has 20 heavy (non-hydrogen) atoms. The summed E-state index contributed by atoms with van der Waals surface area (Å²) >= 11 is 5.91. The summed E-state index contributed by atoms with van der Waals surface area (Å²) in [7, 11) is 0. The molecule has 0 amide bonds. The molecule has 5 heteroatoms. The summed E-state index contributed by atoms with van der Waals surface area (Å²) in [5.74, 6) is 0.726. The zero-order chi connectivity index (χ0) is 14.1. The molecule has 1 aliphatic heterocycles. The normalized spacial score (nSPS) is 20.4. The Morgan fingerprint density at radius 2 is 2.30 bits per heavy atom. The van der Waals surface area contributed by atoms with Crippen molar-refractivity contribution < 1.29 is 0 Å². The summed E-state index contributed by atoms with van der Waals surface area (Å²) in [4.78, 5) is 19.0. The van der Waals surface area contributed by atoms with Gasteiger partial charge in [-0.1, -0.05) is 18.5 Å². The molecule has 3 rings (SSSR count). The van der Waals surface area contributed by atoms with Gasteiger partial charge in [-0.25, -0.2) is 4.98 Å². The van der Waals surface area contributed by atoms with Crippen LogP contribution < -0.4 is 5.56 Å². The number of hydrogen-bond acceptors (Lipinski definition) is 3. The van der Waals surface area contributed by atoms with E-state index in [2.05, 4.69) is 16.8 Å². The van der Waals surface area contributed by atoms with Crippen LogP contribution in [-0.2, 0) is 6.54 Å². The van der Waals surface area contributed by atoms with Crippen LogP contribution in [0.1, 0.15) is 25.5 Å². The van der Waals surface area contributed by atoms with E-state index in [0.29, 0.717) is 10.7 Å². The first-order chi connectivity index (χ1) is 9.61. The second-order valence-corrected chi connectivity index (χ2v) is 6.08. The Bertz CT molecular complexity index is 682. The quantitative estimate of drug-likeness (QED) is 0.853. The molecule has 0 bridgehead atoms. The van der Waals surface area contributed by atoms with Crippen LogP contribution in [0.25, 0.3) is 5.65 Å². The lowest BCUT2D eigenvalue weighted by molar-refractivity contribution is 0.175. The Kier molecular flexibility index (Phi) is 3.76. The number of aromatic nitrogens is 2. The highest BCUT2D eigenvalue weighted by molar-refractivity contribution is 6.30. The number of piperidine rings is 1. The van der Waals surface area contributed by atoms with E-state index >= 15 is 0 Å². The highest BCUT2D eigenvalue weighted by Crippen LogP contribution is 2.17. The molecule has 0 radical (unpaired) electrons. The van der Waals surface area contributed by atoms with E-state index in [1.165, 1.54) is 17.2 Å². The smallest absolute Gasteiger partial charge is 0.258 e. The maximum atomic E-state index is 12.1. The zero-order valence-electron chi connectivity index (χ0n) is 11.6. The Balaban J connectivity index is 1.89. The van der Waals surface area contributed by atoms with Crippen molar-refractivity contribution in [2.75, 3.05) is 13.1 Å². The number of likely N-dealkylation sites (tertiary alicyclic amines) is 1. The van der Waals surface area contributed by atoms with Gasteiger partial charge in [-0.2, -0.15) is 0 Å². The van der Waals surface area contributed by atoms with Crippen molar-refractivity contribution >= 4 is 17.2 Å². The molecule has 4 nitrogen and oxygen atoms in total. The second-order valence-electron chi connectivity index (χ2n) is 5.64. The summed E-state index contributed by atoms with van der Waals surface area (Å²) < 4.78 is 1.49. The highest BCUT2D eigenvalue weighted by Gasteiger charge is 2.17. The van der Waals surface area contributed by atoms with Crippen LogP contribution in [-0.4, -0.2) is 27.4 Å². The number of halogens is 1. The molecule has 3 heterocycles. The SMILES string of the molecule is C[C@H]1CCCN(Cc2cc(=O)n3cc(Cl)ccc3n2)C1. The van der Waals surface area contributed by atoms with Crippen molar-refractivity contribution in [2.24, 2.45) is 5.92 Å². The molecule has 0 spiro atoms. The molecular weight excluding hydrogens is 274 g/mol. The molecule has 2 aromatic heterocycles. The minimum atomic E-state index is -0.0717. The van der Waals surface area contributed by atoms with Crippen molar-refractivity contribution in [1.29, 1.82) is 0 Å². The van der Waals surface area contributed by atoms with Crippen LogP contribution in [0, 0.1) is 5.92 Å². The number of fused-ring (bicyclic) bond motifs is 1. The van der Waals surface area contributed by atoms with Crippen LogP contribution in [0.2, 0.25) is 5.02 Å². The van der Waals surface area contributed by atoms with E-state index in [4.69, 9.17) is 11.6 Å². The van der Waals surface area contributed by atoms with Gasteiger partial charge in [-0.3, -0.25) is 14.1 Å². The maximum absolute atomic E-state index is 12.1. The predicted octanol–water partition coefficient (Wildman–Crippen LogP) is 2.58. The highest BCUT2D eigenvalue weighted by atomic mass is 35.5. The fourth-order valence-electron chi connectivity index (χ4n) is 2.87. The molecular formula is C15H18ClN3O. The van der Waals surface area contributed by atoms with Crippen molar-refractivity contribution in [3.05, 3.63) is 45.5 Å². The zero-order valence-corrected chi connectivity index (χ0v) is 12.3. The Morgan fingerprint density at radius 1 is 1.45 bits per heavy atom. The average molecular weight is 292 g/mol. The van der Waals surface area contributed by atoms with Crippen LogP contribution >= 0.6 is 11.6 Å². The first-order valence-corrected chi connectivity index (χ1v) is 7.40. The largest absolute Gasteiger partial charge is 0.297 e. The van der Waals surface area contributed by atoms with E-state index in [-0.39, 0.29) is 5.56 Å². The Labute approximate surface area is 123 Å². The topological polar surface area (TPSA) is 37.6 Å². The van der Waals surface area contributed by atoms with Crippen LogP contribution in [0.3, 0.4) is 0 Å². The molecule has 0 N–H and O–H groups in total. The van der Waals surface area contributed by atoms with Crippen molar-refractivity contribution in [2.45, 2.75) is 26.3 Å². The van der Waals surface area contributed by atoms with E-state index in [1.54, 1.807) is 24.4 Å². The molecule has 0 aromatic carbocycles. The fourth-order valence-corrected chi connectivity index (χ4v) is 3.03. The second kappa shape index (κ2) is 5.54. The minimum Gasteiger partial charge on any atom is -0.297 e. The molecule has 0 saturated carbocycles. The first-order valence-electron chi connectivity index (χ1n) is 7.02. The lowest BCUT2D eigenvalue weighted by atomic mass is 10.0. The van der Waals surface area contributed by atoms with Crippen molar-refractivity contribution in [1.82, 2.24) is 14.3 Å². The number of rotatable bonds is 2. The van der Waals surface area contributed by atoms with Gasteiger partial charge in [0, 0.05) is 25.4 Å². The third-order valence-electron chi connectivity index (χ3n) is 3.80. The molecule has 1 saturated heterocycles. The van der Waals surface area contributed by atoms with E-state index < -0.39 is 0 Å². The lowest BCUT2D eigenvalue weighted by Gasteiger charge is -2.30. The molecule has 1 atom stereocenters. The fraction of sp³-hybridized carbons (Fsp3) is 0.467. The van der Waals surface area contributed by atoms with Gasteiger partial charge in [0.25, 0.3) is 5.56 Å². The molecule has 0 aliphatic carbocycles. The first kappa shape index (κ1) is 13.6. The van der Waals surface area contributed by atoms with Gasteiger partial charge in [0.15, 0.2) is 0 Å². The summed E-state index contributed by atoms with van der Waals surface area (Å²) in [6, 6.07) is 5.16. The van der Waals surface area contributed by atoms with E-state index in [9.17, 15) is 4.79 Å². The summed E-state index contributed by atoms with van der Waals surface area (Å²) in [5, 5.41) is 0.541. The Morgan fingerprint density at radius 3 is 3.10 bits per heavy atom. The van der Waals surface area contributed by atoms with Crippen molar-refractivity contribution in [3.63, 3.8) is 0 Å². The molecule has 106 valence electrons. The summed E-state index contributed by atoms with van der Waals surface area (Å²) in [5.41, 5.74) is 1.42. The Hall–Kier alpha value is -1.39. The average Bonchev–Trinajstić information content (AvgIpc) is 2.40. The monoisotopic (exact) mass is 291 g/mol. The van der Waals surface area contributed by atoms with Crippen molar-refractivity contribution in [3.8, 4) is 0 Å². The van der Waals surface area contributed by atoms with Gasteiger partial charge in [0.05, 0.1) is 10.7 Å². The number of hydrogen-bond donors (Lipinski definition) is 0. The third kappa shape index (κ3) is 2.86. The van der Waals surface area contributed by atoms with Crippen LogP contribution in [0.5, 0.6) is 0 Å². The van der Waals surface area contributed by atoms with Gasteiger partial charge < -0.3 is 0 Å². The summed E-state index contributed by atoms with van der Waals surface area (Å²) in [6.07, 6.45) is 4.13. The van der Waals surface area contributed by atoms with Crippen LogP contribution in [0.4, 0.5) is 0 Å². The minimum absolute atomic E-state index is 0.0717. The van der Waals surface area contributed by atoms with Gasteiger partial charge in [0.2, 0.25) is 0 Å². The van der Waals surface area contributed by atoms with Gasteiger partial charge in [0.1, 0.15) is 5.65 Å². The summed E-state index contributed by atoms with van der Waals surface area (Å²) in [6.45, 7) is 5.20. The molecule has 1 aliphatic rings.